The van der Waals surface area contributed by atoms with Crippen LogP contribution >= 0.6 is 0 Å². The van der Waals surface area contributed by atoms with E-state index in [2.05, 4.69) is 5.32 Å². The monoisotopic (exact) mass is 370 g/mol. The molecule has 0 heterocycles. The van der Waals surface area contributed by atoms with Crippen molar-refractivity contribution in [1.29, 1.82) is 5.26 Å². The molecule has 0 unspecified atom stereocenters. The van der Waals surface area contributed by atoms with Crippen molar-refractivity contribution in [2.75, 3.05) is 32.8 Å². The zero-order valence-electron chi connectivity index (χ0n) is 14.9. The smallest absolute Gasteiger partial charge is 0.339 e. The summed E-state index contributed by atoms with van der Waals surface area (Å²) in [6.07, 6.45) is 0. The van der Waals surface area contributed by atoms with E-state index < -0.39 is 5.97 Å². The summed E-state index contributed by atoms with van der Waals surface area (Å²) in [4.78, 5) is 23.9. The first-order valence-corrected chi connectivity index (χ1v) is 7.86. The molecule has 0 bridgehead atoms. The molecule has 0 aromatic heterocycles. The molecule has 2 rings (SSSR count). The quantitative estimate of drug-likeness (QED) is 0.711. The Hall–Kier alpha value is -3.73. The molecule has 2 aromatic rings. The maximum absolute atomic E-state index is 12.1. The molecule has 0 saturated heterocycles. The summed E-state index contributed by atoms with van der Waals surface area (Å²) in [6, 6.07) is 13.1. The van der Waals surface area contributed by atoms with Gasteiger partial charge in [-0.25, -0.2) is 4.79 Å². The summed E-state index contributed by atoms with van der Waals surface area (Å²) < 4.78 is 20.5. The van der Waals surface area contributed by atoms with Gasteiger partial charge in [-0.2, -0.15) is 5.26 Å². The van der Waals surface area contributed by atoms with Gasteiger partial charge < -0.3 is 24.3 Å². The molecule has 0 atom stereocenters. The normalized spacial score (nSPS) is 9.67. The highest BCUT2D eigenvalue weighted by Crippen LogP contribution is 2.28. The summed E-state index contributed by atoms with van der Waals surface area (Å²) in [7, 11) is 2.91. The van der Waals surface area contributed by atoms with E-state index >= 15 is 0 Å². The third-order valence-corrected chi connectivity index (χ3v) is 3.41. The van der Waals surface area contributed by atoms with Crippen LogP contribution in [0.15, 0.2) is 42.5 Å². The molecular formula is C19H18N2O6. The Kier molecular flexibility index (Phi) is 7.02. The number of para-hydroxylation sites is 2. The number of ether oxygens (including phenoxy) is 4. The van der Waals surface area contributed by atoms with E-state index in [0.717, 1.165) is 0 Å². The number of hydrogen-bond donors (Lipinski definition) is 1. The van der Waals surface area contributed by atoms with E-state index in [9.17, 15) is 9.59 Å². The number of benzene rings is 2. The summed E-state index contributed by atoms with van der Waals surface area (Å²) in [5.41, 5.74) is 0.726. The number of esters is 1. The molecule has 0 aliphatic rings. The maximum Gasteiger partial charge on any atom is 0.339 e. The minimum absolute atomic E-state index is 0.202. The first-order chi connectivity index (χ1) is 13.1. The lowest BCUT2D eigenvalue weighted by Gasteiger charge is -2.13. The van der Waals surface area contributed by atoms with Crippen LogP contribution in [-0.4, -0.2) is 39.3 Å². The van der Waals surface area contributed by atoms with Crippen molar-refractivity contribution in [2.45, 2.75) is 0 Å². The standard InChI is InChI=1S/C19H18N2O6/c1-24-15-6-4-3-5-14(15)21-18(22)12-27-16-8-7-13(11-17(16)25-2)19(23)26-10-9-20/h3-8,11H,10,12H2,1-2H3,(H,21,22). The van der Waals surface area contributed by atoms with Gasteiger partial charge in [-0.3, -0.25) is 4.79 Å². The van der Waals surface area contributed by atoms with Gasteiger partial charge in [-0.1, -0.05) is 12.1 Å². The molecule has 140 valence electrons. The van der Waals surface area contributed by atoms with E-state index in [-0.39, 0.29) is 36.2 Å². The van der Waals surface area contributed by atoms with E-state index in [1.165, 1.54) is 32.4 Å². The highest BCUT2D eigenvalue weighted by atomic mass is 16.5. The minimum Gasteiger partial charge on any atom is -0.495 e. The van der Waals surface area contributed by atoms with Gasteiger partial charge in [0.25, 0.3) is 5.91 Å². The molecule has 0 saturated carbocycles. The number of anilines is 1. The number of nitrogens with zero attached hydrogens (tertiary/aromatic N) is 1. The van der Waals surface area contributed by atoms with Crippen LogP contribution < -0.4 is 19.5 Å². The largest absolute Gasteiger partial charge is 0.495 e. The van der Waals surface area contributed by atoms with Gasteiger partial charge in [0.05, 0.1) is 25.5 Å². The fraction of sp³-hybridized carbons (Fsp3) is 0.211. The second-order valence-electron chi connectivity index (χ2n) is 5.14. The number of amides is 1. The van der Waals surface area contributed by atoms with Gasteiger partial charge in [-0.05, 0) is 30.3 Å². The van der Waals surface area contributed by atoms with E-state index in [0.29, 0.717) is 11.4 Å². The molecule has 2 aromatic carbocycles. The lowest BCUT2D eigenvalue weighted by atomic mass is 10.2. The molecule has 0 radical (unpaired) electrons. The molecule has 0 spiro atoms. The highest BCUT2D eigenvalue weighted by Gasteiger charge is 2.14. The summed E-state index contributed by atoms with van der Waals surface area (Å²) in [5, 5.41) is 11.1. The van der Waals surface area contributed by atoms with Crippen molar-refractivity contribution in [1.82, 2.24) is 0 Å². The fourth-order valence-electron chi connectivity index (χ4n) is 2.17. The van der Waals surface area contributed by atoms with Crippen molar-refractivity contribution < 1.29 is 28.5 Å². The third-order valence-electron chi connectivity index (χ3n) is 3.41. The fourth-order valence-corrected chi connectivity index (χ4v) is 2.17. The van der Waals surface area contributed by atoms with Crippen molar-refractivity contribution in [3.8, 4) is 23.3 Å². The number of nitrogens with one attached hydrogen (secondary N) is 1. The zero-order chi connectivity index (χ0) is 19.6. The maximum atomic E-state index is 12.1. The number of hydrogen-bond acceptors (Lipinski definition) is 7. The average molecular weight is 370 g/mol. The molecule has 0 aliphatic heterocycles. The lowest BCUT2D eigenvalue weighted by molar-refractivity contribution is -0.118. The Labute approximate surface area is 156 Å². The van der Waals surface area contributed by atoms with Crippen LogP contribution in [0.5, 0.6) is 17.2 Å². The highest BCUT2D eigenvalue weighted by molar-refractivity contribution is 5.93. The Balaban J connectivity index is 2.01. The topological polar surface area (TPSA) is 107 Å². The first kappa shape index (κ1) is 19.6. The SMILES string of the molecule is COc1ccccc1NC(=O)COc1ccc(C(=O)OCC#N)cc1OC. The van der Waals surface area contributed by atoms with E-state index in [1.54, 1.807) is 30.3 Å². The lowest BCUT2D eigenvalue weighted by Crippen LogP contribution is -2.20. The van der Waals surface area contributed by atoms with Gasteiger partial charge in [0, 0.05) is 0 Å². The first-order valence-electron chi connectivity index (χ1n) is 7.86. The molecule has 8 nitrogen and oxygen atoms in total. The van der Waals surface area contributed by atoms with Gasteiger partial charge in [0.2, 0.25) is 0 Å². The van der Waals surface area contributed by atoms with Crippen LogP contribution in [-0.2, 0) is 9.53 Å². The number of carbonyl (C=O) groups excluding carboxylic acids is 2. The molecule has 1 N–H and O–H groups in total. The Morgan fingerprint density at radius 3 is 2.48 bits per heavy atom. The van der Waals surface area contributed by atoms with Gasteiger partial charge in [0.15, 0.2) is 24.7 Å². The van der Waals surface area contributed by atoms with Crippen molar-refractivity contribution in [2.24, 2.45) is 0 Å². The summed E-state index contributed by atoms with van der Waals surface area (Å²) in [5.74, 6) is 0.0223. The second-order valence-corrected chi connectivity index (χ2v) is 5.14. The number of rotatable bonds is 8. The predicted octanol–water partition coefficient (Wildman–Crippen LogP) is 2.40. The Morgan fingerprint density at radius 1 is 1.04 bits per heavy atom. The van der Waals surface area contributed by atoms with Crippen LogP contribution in [0.1, 0.15) is 10.4 Å². The predicted molar refractivity (Wildman–Crippen MR) is 96.0 cm³/mol. The van der Waals surface area contributed by atoms with Crippen LogP contribution in [0, 0.1) is 11.3 Å². The summed E-state index contributed by atoms with van der Waals surface area (Å²) in [6.45, 7) is -0.616. The van der Waals surface area contributed by atoms with Crippen molar-refractivity contribution >= 4 is 17.6 Å². The zero-order valence-corrected chi connectivity index (χ0v) is 14.9. The van der Waals surface area contributed by atoms with Crippen LogP contribution in [0.3, 0.4) is 0 Å². The molecule has 27 heavy (non-hydrogen) atoms. The molecule has 8 heteroatoms. The Morgan fingerprint density at radius 2 is 1.78 bits per heavy atom. The van der Waals surface area contributed by atoms with Crippen molar-refractivity contribution in [3.05, 3.63) is 48.0 Å². The molecular weight excluding hydrogens is 352 g/mol. The minimum atomic E-state index is -0.657. The van der Waals surface area contributed by atoms with E-state index in [1.807, 2.05) is 0 Å². The van der Waals surface area contributed by atoms with Gasteiger partial charge >= 0.3 is 5.97 Å². The molecule has 0 fully saturated rings. The van der Waals surface area contributed by atoms with Crippen molar-refractivity contribution in [3.63, 3.8) is 0 Å². The third kappa shape index (κ3) is 5.37. The average Bonchev–Trinajstić information content (AvgIpc) is 2.70. The Bertz CT molecular complexity index is 860. The number of methoxy groups -OCH3 is 2. The number of nitriles is 1. The summed E-state index contributed by atoms with van der Waals surface area (Å²) >= 11 is 0. The second kappa shape index (κ2) is 9.68. The van der Waals surface area contributed by atoms with Crippen LogP contribution in [0.25, 0.3) is 0 Å². The molecule has 1 amide bonds. The van der Waals surface area contributed by atoms with Gasteiger partial charge in [-0.15, -0.1) is 0 Å². The number of carbonyl (C=O) groups is 2. The molecule has 0 aliphatic carbocycles. The van der Waals surface area contributed by atoms with Crippen LogP contribution in [0.2, 0.25) is 0 Å². The van der Waals surface area contributed by atoms with E-state index in [4.69, 9.17) is 24.2 Å². The van der Waals surface area contributed by atoms with Crippen LogP contribution in [0.4, 0.5) is 5.69 Å². The van der Waals surface area contributed by atoms with Gasteiger partial charge in [0.1, 0.15) is 11.8 Å².